The molecular weight excluding hydrogens is 246 g/mol. The second kappa shape index (κ2) is 6.34. The molecule has 1 fully saturated rings. The van der Waals surface area contributed by atoms with E-state index in [0.29, 0.717) is 6.04 Å². The van der Waals surface area contributed by atoms with Gasteiger partial charge in [-0.2, -0.15) is 0 Å². The molecule has 1 saturated heterocycles. The van der Waals surface area contributed by atoms with Gasteiger partial charge in [-0.25, -0.2) is 0 Å². The highest BCUT2D eigenvalue weighted by Gasteiger charge is 2.22. The number of nitrogens with one attached hydrogen (secondary N) is 1. The van der Waals surface area contributed by atoms with E-state index in [1.165, 1.54) is 29.7 Å². The van der Waals surface area contributed by atoms with Crippen molar-refractivity contribution in [2.75, 3.05) is 27.0 Å². The van der Waals surface area contributed by atoms with Crippen LogP contribution in [0, 0.1) is 0 Å². The van der Waals surface area contributed by atoms with Crippen LogP contribution in [0.25, 0.3) is 0 Å². The molecule has 0 bridgehead atoms. The van der Waals surface area contributed by atoms with Crippen molar-refractivity contribution in [2.45, 2.75) is 30.2 Å². The monoisotopic (exact) mass is 267 g/mol. The standard InChI is InChI=1S/C14H21NO2S/c1-16-12-8-7-10(11-6-4-5-9-15-11)14(18-3)13(12)17-2/h7-8,11,15H,4-6,9H2,1-3H3. The molecule has 1 N–H and O–H groups in total. The number of hydrogen-bond donors (Lipinski definition) is 1. The van der Waals surface area contributed by atoms with Gasteiger partial charge in [-0.3, -0.25) is 0 Å². The predicted molar refractivity (Wildman–Crippen MR) is 75.9 cm³/mol. The highest BCUT2D eigenvalue weighted by Crippen LogP contribution is 2.42. The quantitative estimate of drug-likeness (QED) is 0.848. The van der Waals surface area contributed by atoms with Crippen molar-refractivity contribution in [3.8, 4) is 11.5 Å². The van der Waals surface area contributed by atoms with E-state index in [1.807, 2.05) is 6.07 Å². The van der Waals surface area contributed by atoms with Crippen LogP contribution in [0.4, 0.5) is 0 Å². The molecule has 1 aliphatic rings. The Hall–Kier alpha value is -0.870. The summed E-state index contributed by atoms with van der Waals surface area (Å²) >= 11 is 1.72. The first-order valence-corrected chi connectivity index (χ1v) is 7.56. The maximum Gasteiger partial charge on any atom is 0.174 e. The summed E-state index contributed by atoms with van der Waals surface area (Å²) in [7, 11) is 3.39. The first kappa shape index (κ1) is 13.6. The first-order chi connectivity index (χ1) is 8.81. The van der Waals surface area contributed by atoms with Gasteiger partial charge >= 0.3 is 0 Å². The van der Waals surface area contributed by atoms with Crippen LogP contribution in [0.1, 0.15) is 30.9 Å². The Bertz CT molecular complexity index is 403. The molecule has 0 aliphatic carbocycles. The van der Waals surface area contributed by atoms with Crippen molar-refractivity contribution in [1.29, 1.82) is 0 Å². The van der Waals surface area contributed by atoms with E-state index in [2.05, 4.69) is 17.6 Å². The van der Waals surface area contributed by atoms with Gasteiger partial charge in [-0.05, 0) is 37.3 Å². The number of thioether (sulfide) groups is 1. The summed E-state index contributed by atoms with van der Waals surface area (Å²) in [5.41, 5.74) is 1.33. The summed E-state index contributed by atoms with van der Waals surface area (Å²) in [6, 6.07) is 4.61. The SMILES string of the molecule is COc1ccc(C2CCCCN2)c(SC)c1OC. The van der Waals surface area contributed by atoms with E-state index in [9.17, 15) is 0 Å². The van der Waals surface area contributed by atoms with Gasteiger partial charge in [0.2, 0.25) is 0 Å². The van der Waals surface area contributed by atoms with E-state index in [4.69, 9.17) is 9.47 Å². The van der Waals surface area contributed by atoms with Crippen molar-refractivity contribution in [1.82, 2.24) is 5.32 Å². The molecule has 0 aromatic heterocycles. The first-order valence-electron chi connectivity index (χ1n) is 6.34. The normalized spacial score (nSPS) is 19.6. The smallest absolute Gasteiger partial charge is 0.174 e. The maximum absolute atomic E-state index is 5.52. The van der Waals surface area contributed by atoms with Crippen LogP contribution >= 0.6 is 11.8 Å². The lowest BCUT2D eigenvalue weighted by Gasteiger charge is -2.26. The van der Waals surface area contributed by atoms with Crippen LogP contribution < -0.4 is 14.8 Å². The third kappa shape index (κ3) is 2.59. The topological polar surface area (TPSA) is 30.5 Å². The van der Waals surface area contributed by atoms with Crippen LogP contribution in [0.2, 0.25) is 0 Å². The Labute approximate surface area is 113 Å². The molecule has 1 aliphatic heterocycles. The third-order valence-electron chi connectivity index (χ3n) is 3.42. The molecule has 2 rings (SSSR count). The molecule has 1 atom stereocenters. The molecule has 1 heterocycles. The summed E-state index contributed by atoms with van der Waals surface area (Å²) in [4.78, 5) is 1.19. The summed E-state index contributed by atoms with van der Waals surface area (Å²) < 4.78 is 10.9. The number of rotatable bonds is 4. The molecule has 18 heavy (non-hydrogen) atoms. The van der Waals surface area contributed by atoms with Gasteiger partial charge in [0.15, 0.2) is 11.5 Å². The summed E-state index contributed by atoms with van der Waals surface area (Å²) in [6.07, 6.45) is 5.85. The van der Waals surface area contributed by atoms with Crippen molar-refractivity contribution in [3.63, 3.8) is 0 Å². The minimum atomic E-state index is 0.445. The number of piperidine rings is 1. The molecule has 100 valence electrons. The van der Waals surface area contributed by atoms with Crippen LogP contribution in [0.15, 0.2) is 17.0 Å². The highest BCUT2D eigenvalue weighted by atomic mass is 32.2. The van der Waals surface area contributed by atoms with Gasteiger partial charge in [-0.1, -0.05) is 12.5 Å². The van der Waals surface area contributed by atoms with Crippen molar-refractivity contribution >= 4 is 11.8 Å². The third-order valence-corrected chi connectivity index (χ3v) is 4.25. The molecule has 4 heteroatoms. The lowest BCUT2D eigenvalue weighted by Crippen LogP contribution is -2.27. The lowest BCUT2D eigenvalue weighted by molar-refractivity contribution is 0.343. The number of benzene rings is 1. The van der Waals surface area contributed by atoms with Gasteiger partial charge in [0, 0.05) is 6.04 Å². The fourth-order valence-corrected chi connectivity index (χ4v) is 3.33. The number of ether oxygens (including phenoxy) is 2. The van der Waals surface area contributed by atoms with Crippen LogP contribution in [-0.4, -0.2) is 27.0 Å². The Balaban J connectivity index is 2.40. The van der Waals surface area contributed by atoms with Crippen molar-refractivity contribution in [3.05, 3.63) is 17.7 Å². The van der Waals surface area contributed by atoms with Gasteiger partial charge in [-0.15, -0.1) is 11.8 Å². The van der Waals surface area contributed by atoms with Crippen LogP contribution in [0.3, 0.4) is 0 Å². The average molecular weight is 267 g/mol. The maximum atomic E-state index is 5.52. The predicted octanol–water partition coefficient (Wildman–Crippen LogP) is 3.24. The molecule has 0 spiro atoms. The van der Waals surface area contributed by atoms with E-state index in [1.54, 1.807) is 26.0 Å². The Kier molecular flexibility index (Phi) is 4.78. The van der Waals surface area contributed by atoms with Gasteiger partial charge in [0.25, 0.3) is 0 Å². The Morgan fingerprint density at radius 2 is 2.06 bits per heavy atom. The summed E-state index contributed by atoms with van der Waals surface area (Å²) in [6.45, 7) is 1.10. The van der Waals surface area contributed by atoms with E-state index in [0.717, 1.165) is 18.0 Å². The van der Waals surface area contributed by atoms with E-state index < -0.39 is 0 Å². The van der Waals surface area contributed by atoms with Crippen molar-refractivity contribution < 1.29 is 9.47 Å². The van der Waals surface area contributed by atoms with E-state index >= 15 is 0 Å². The second-order valence-corrected chi connectivity index (χ2v) is 5.24. The molecule has 0 amide bonds. The van der Waals surface area contributed by atoms with Crippen molar-refractivity contribution in [2.24, 2.45) is 0 Å². The highest BCUT2D eigenvalue weighted by molar-refractivity contribution is 7.98. The zero-order valence-corrected chi connectivity index (χ0v) is 12.1. The molecule has 1 unspecified atom stereocenters. The van der Waals surface area contributed by atoms with E-state index in [-0.39, 0.29) is 0 Å². The fraction of sp³-hybridized carbons (Fsp3) is 0.571. The van der Waals surface area contributed by atoms with Gasteiger partial charge in [0.1, 0.15) is 0 Å². The number of methoxy groups -OCH3 is 2. The Morgan fingerprint density at radius 3 is 2.61 bits per heavy atom. The van der Waals surface area contributed by atoms with Crippen LogP contribution in [0.5, 0.6) is 11.5 Å². The summed E-state index contributed by atoms with van der Waals surface area (Å²) in [5, 5.41) is 3.59. The second-order valence-electron chi connectivity index (χ2n) is 4.43. The largest absolute Gasteiger partial charge is 0.493 e. The minimum absolute atomic E-state index is 0.445. The lowest BCUT2D eigenvalue weighted by atomic mass is 9.97. The van der Waals surface area contributed by atoms with Gasteiger partial charge in [0.05, 0.1) is 19.1 Å². The fourth-order valence-electron chi connectivity index (χ4n) is 2.52. The average Bonchev–Trinajstić information content (AvgIpc) is 2.46. The minimum Gasteiger partial charge on any atom is -0.493 e. The molecule has 3 nitrogen and oxygen atoms in total. The zero-order chi connectivity index (χ0) is 13.0. The zero-order valence-electron chi connectivity index (χ0n) is 11.3. The van der Waals surface area contributed by atoms with Crippen LogP contribution in [-0.2, 0) is 0 Å². The summed E-state index contributed by atoms with van der Waals surface area (Å²) in [5.74, 6) is 1.66. The van der Waals surface area contributed by atoms with Gasteiger partial charge < -0.3 is 14.8 Å². The molecule has 0 radical (unpaired) electrons. The Morgan fingerprint density at radius 1 is 1.22 bits per heavy atom. The molecule has 1 aromatic rings. The molecular formula is C14H21NO2S. The number of hydrogen-bond acceptors (Lipinski definition) is 4. The molecule has 0 saturated carbocycles. The molecule has 1 aromatic carbocycles.